The Hall–Kier alpha value is -2.10. The fourth-order valence-electron chi connectivity index (χ4n) is 2.50. The van der Waals surface area contributed by atoms with Gasteiger partial charge in [0.15, 0.2) is 5.96 Å². The average molecular weight is 457 g/mol. The molecule has 0 unspecified atom stereocenters. The molecule has 3 aromatic rings. The number of hydrogen-bond acceptors (Lipinski definition) is 3. The Balaban J connectivity index is 0.00000225. The molecule has 25 heavy (non-hydrogen) atoms. The van der Waals surface area contributed by atoms with E-state index in [1.165, 1.54) is 18.4 Å². The summed E-state index contributed by atoms with van der Waals surface area (Å²) in [5.41, 5.74) is 2.74. The first-order valence-corrected chi connectivity index (χ1v) is 7.93. The van der Waals surface area contributed by atoms with Crippen LogP contribution in [0.5, 0.6) is 0 Å². The molecule has 0 fully saturated rings. The first-order valence-electron chi connectivity index (χ1n) is 7.93. The van der Waals surface area contributed by atoms with Crippen LogP contribution in [0.25, 0.3) is 10.9 Å². The van der Waals surface area contributed by atoms with E-state index in [4.69, 9.17) is 4.52 Å². The Bertz CT molecular complexity index is 816. The number of aliphatic imine (C=N–C) groups is 1. The molecule has 3 N–H and O–H groups in total. The Morgan fingerprint density at radius 2 is 2.20 bits per heavy atom. The van der Waals surface area contributed by atoms with Crippen molar-refractivity contribution in [3.05, 3.63) is 53.8 Å². The van der Waals surface area contributed by atoms with Gasteiger partial charge < -0.3 is 20.1 Å². The summed E-state index contributed by atoms with van der Waals surface area (Å²) in [6.07, 6.45) is 4.26. The van der Waals surface area contributed by atoms with E-state index in [0.717, 1.165) is 47.6 Å². The first-order chi connectivity index (χ1) is 11.8. The van der Waals surface area contributed by atoms with Crippen molar-refractivity contribution >= 4 is 40.8 Å². The predicted octanol–water partition coefficient (Wildman–Crippen LogP) is 3.21. The summed E-state index contributed by atoms with van der Waals surface area (Å²) < 4.78 is 18.0. The third kappa shape index (κ3) is 5.18. The largest absolute Gasteiger partial charge is 0.364 e. The minimum absolute atomic E-state index is 0. The molecule has 134 valence electrons. The summed E-state index contributed by atoms with van der Waals surface area (Å²) in [7, 11) is 0. The molecule has 0 spiro atoms. The fraction of sp³-hybridized carbons (Fsp3) is 0.294. The second-order valence-corrected chi connectivity index (χ2v) is 5.37. The highest BCUT2D eigenvalue weighted by atomic mass is 127. The van der Waals surface area contributed by atoms with Gasteiger partial charge in [-0.05, 0) is 37.1 Å². The molecule has 1 aromatic carbocycles. The lowest BCUT2D eigenvalue weighted by Crippen LogP contribution is -2.38. The second kappa shape index (κ2) is 9.40. The van der Waals surface area contributed by atoms with Gasteiger partial charge in [0.1, 0.15) is 17.8 Å². The number of aromatic amines is 1. The minimum Gasteiger partial charge on any atom is -0.364 e. The van der Waals surface area contributed by atoms with Gasteiger partial charge >= 0.3 is 0 Å². The number of H-pyrrole nitrogens is 1. The highest BCUT2D eigenvalue weighted by Crippen LogP contribution is 2.19. The van der Waals surface area contributed by atoms with E-state index in [1.807, 2.05) is 13.1 Å². The highest BCUT2D eigenvalue weighted by Gasteiger charge is 2.05. The van der Waals surface area contributed by atoms with E-state index < -0.39 is 0 Å². The minimum atomic E-state index is -0.233. The molecule has 3 rings (SSSR count). The summed E-state index contributed by atoms with van der Waals surface area (Å²) in [6.45, 7) is 3.96. The van der Waals surface area contributed by atoms with Crippen LogP contribution >= 0.6 is 24.0 Å². The molecule has 0 saturated heterocycles. The maximum atomic E-state index is 13.2. The van der Waals surface area contributed by atoms with Crippen LogP contribution in [0.15, 0.2) is 46.2 Å². The van der Waals surface area contributed by atoms with Crippen LogP contribution in [0.2, 0.25) is 0 Å². The third-order valence-corrected chi connectivity index (χ3v) is 3.65. The molecule has 0 aliphatic carbocycles. The highest BCUT2D eigenvalue weighted by molar-refractivity contribution is 14.0. The van der Waals surface area contributed by atoms with Crippen molar-refractivity contribution in [1.82, 2.24) is 20.8 Å². The van der Waals surface area contributed by atoms with Crippen LogP contribution in [0, 0.1) is 5.82 Å². The number of fused-ring (bicyclic) bond motifs is 1. The smallest absolute Gasteiger partial charge is 0.191 e. The topological polar surface area (TPSA) is 78.2 Å². The van der Waals surface area contributed by atoms with Crippen LogP contribution in [-0.4, -0.2) is 29.2 Å². The molecule has 0 amide bonds. The molecule has 0 bridgehead atoms. The zero-order valence-electron chi connectivity index (χ0n) is 13.9. The molecule has 0 aliphatic heterocycles. The van der Waals surface area contributed by atoms with E-state index in [0.29, 0.717) is 6.54 Å². The van der Waals surface area contributed by atoms with Gasteiger partial charge in [0.2, 0.25) is 0 Å². The number of halogens is 2. The summed E-state index contributed by atoms with van der Waals surface area (Å²) in [5, 5.41) is 11.4. The SMILES string of the molecule is CCNC(=NCc1ccon1)NCCc1c[nH]c2cc(F)ccc12.I. The summed E-state index contributed by atoms with van der Waals surface area (Å²) >= 11 is 0. The quantitative estimate of drug-likeness (QED) is 0.302. The predicted molar refractivity (Wildman–Crippen MR) is 107 cm³/mol. The Kier molecular flexibility index (Phi) is 7.23. The van der Waals surface area contributed by atoms with Crippen LogP contribution in [0.4, 0.5) is 4.39 Å². The summed E-state index contributed by atoms with van der Waals surface area (Å²) in [4.78, 5) is 7.57. The number of nitrogens with zero attached hydrogens (tertiary/aromatic N) is 2. The molecule has 0 aliphatic rings. The van der Waals surface area contributed by atoms with Gasteiger partial charge in [0, 0.05) is 36.3 Å². The lowest BCUT2D eigenvalue weighted by atomic mass is 10.1. The van der Waals surface area contributed by atoms with E-state index in [1.54, 1.807) is 12.1 Å². The lowest BCUT2D eigenvalue weighted by Gasteiger charge is -2.10. The first kappa shape index (κ1) is 19.2. The van der Waals surface area contributed by atoms with E-state index in [2.05, 4.69) is 25.8 Å². The lowest BCUT2D eigenvalue weighted by molar-refractivity contribution is 0.412. The van der Waals surface area contributed by atoms with Crippen molar-refractivity contribution in [2.45, 2.75) is 19.9 Å². The number of hydrogen-bond donors (Lipinski definition) is 3. The molecule has 0 saturated carbocycles. The van der Waals surface area contributed by atoms with Crippen molar-refractivity contribution in [2.24, 2.45) is 4.99 Å². The number of benzene rings is 1. The number of rotatable bonds is 6. The Morgan fingerprint density at radius 1 is 1.32 bits per heavy atom. The average Bonchev–Trinajstić information content (AvgIpc) is 3.22. The van der Waals surface area contributed by atoms with Crippen molar-refractivity contribution in [3.63, 3.8) is 0 Å². The zero-order valence-corrected chi connectivity index (χ0v) is 16.2. The normalized spacial score (nSPS) is 11.4. The van der Waals surface area contributed by atoms with Gasteiger partial charge in [-0.25, -0.2) is 9.38 Å². The van der Waals surface area contributed by atoms with Gasteiger partial charge in [-0.3, -0.25) is 0 Å². The van der Waals surface area contributed by atoms with Gasteiger partial charge in [-0.2, -0.15) is 0 Å². The molecule has 0 radical (unpaired) electrons. The number of nitrogens with one attached hydrogen (secondary N) is 3. The summed E-state index contributed by atoms with van der Waals surface area (Å²) in [6, 6.07) is 6.59. The number of aromatic nitrogens is 2. The van der Waals surface area contributed by atoms with E-state index >= 15 is 0 Å². The fourth-order valence-corrected chi connectivity index (χ4v) is 2.50. The van der Waals surface area contributed by atoms with Crippen LogP contribution in [0.3, 0.4) is 0 Å². The monoisotopic (exact) mass is 457 g/mol. The molecule has 0 atom stereocenters. The zero-order chi connectivity index (χ0) is 16.8. The molecule has 2 aromatic heterocycles. The van der Waals surface area contributed by atoms with E-state index in [9.17, 15) is 4.39 Å². The van der Waals surface area contributed by atoms with Crippen molar-refractivity contribution in [2.75, 3.05) is 13.1 Å². The number of guanidine groups is 1. The standard InChI is InChI=1S/C17H20FN5O.HI/c1-2-19-17(22-11-14-6-8-24-23-14)20-7-5-12-10-21-16-9-13(18)3-4-15(12)16;/h3-4,6,8-10,21H,2,5,7,11H2,1H3,(H2,19,20,22);1H. The Morgan fingerprint density at radius 3 is 2.96 bits per heavy atom. The molecule has 2 heterocycles. The van der Waals surface area contributed by atoms with Crippen molar-refractivity contribution < 1.29 is 8.91 Å². The van der Waals surface area contributed by atoms with Gasteiger partial charge in [-0.15, -0.1) is 24.0 Å². The second-order valence-electron chi connectivity index (χ2n) is 5.37. The molecule has 6 nitrogen and oxygen atoms in total. The van der Waals surface area contributed by atoms with Crippen LogP contribution < -0.4 is 10.6 Å². The third-order valence-electron chi connectivity index (χ3n) is 3.65. The van der Waals surface area contributed by atoms with Crippen LogP contribution in [0.1, 0.15) is 18.2 Å². The van der Waals surface area contributed by atoms with Crippen LogP contribution in [-0.2, 0) is 13.0 Å². The van der Waals surface area contributed by atoms with Crippen molar-refractivity contribution in [3.8, 4) is 0 Å². The Labute approximate surface area is 162 Å². The maximum Gasteiger partial charge on any atom is 0.191 e. The molecular formula is C17H21FIN5O. The van der Waals surface area contributed by atoms with Gasteiger partial charge in [0.25, 0.3) is 0 Å². The van der Waals surface area contributed by atoms with Crippen molar-refractivity contribution in [1.29, 1.82) is 0 Å². The maximum absolute atomic E-state index is 13.2. The van der Waals surface area contributed by atoms with E-state index in [-0.39, 0.29) is 29.8 Å². The molecule has 8 heteroatoms. The molecular weight excluding hydrogens is 436 g/mol. The van der Waals surface area contributed by atoms with Gasteiger partial charge in [-0.1, -0.05) is 5.16 Å². The van der Waals surface area contributed by atoms with Gasteiger partial charge in [0.05, 0.1) is 6.54 Å². The summed E-state index contributed by atoms with van der Waals surface area (Å²) in [5.74, 6) is 0.495.